The van der Waals surface area contributed by atoms with Crippen LogP contribution in [0.25, 0.3) is 0 Å². The number of hydrogen-bond donors (Lipinski definition) is 14. The molecular formula is C58H94O25. The Morgan fingerprint density at radius 2 is 1.14 bits per heavy atom. The van der Waals surface area contributed by atoms with Gasteiger partial charge in [0.15, 0.2) is 31.3 Å². The van der Waals surface area contributed by atoms with Crippen LogP contribution in [0.3, 0.4) is 0 Å². The quantitative estimate of drug-likeness (QED) is 0.0610. The first-order valence-electron chi connectivity index (χ1n) is 30.0. The Kier molecular flexibility index (Phi) is 18.0. The number of aliphatic hydroxyl groups excluding tert-OH is 14. The van der Waals surface area contributed by atoms with Crippen LogP contribution >= 0.6 is 0 Å². The zero-order valence-corrected chi connectivity index (χ0v) is 49.0. The summed E-state index contributed by atoms with van der Waals surface area (Å²) in [5.74, 6) is -1.09. The van der Waals surface area contributed by atoms with Crippen LogP contribution in [0.15, 0.2) is 11.6 Å². The Bertz CT molecular complexity index is 2330. The number of ether oxygens (including phenoxy) is 10. The SMILES string of the molecule is C[C@@H]1O[C@@H](O[C@H]2[C@H](OC(=O)[C@]34CCC(C)(C)C[C@H]3C3=CC[C@@H]5[C@@]6(C)CC[C@H](O[C@@H]7O[C@H](CO)[C@@H](O)[C@H](O)[C@H]7O)C(C)(C)[C@@H]6CC[C@@]5(C)[C@]3(C)C[C@H]4O)O[C@@H](C)[C@H](O[C@@H]3OC[C@@H](O)[C@H](O[C@@H]4OC[C@H](O)[C@H](O)[C@H]4O)[C@H]3O)[C@H]2O)[C@H](O)[C@H](O)[C@H]1O. The number of esters is 1. The van der Waals surface area contributed by atoms with Crippen LogP contribution in [0.2, 0.25) is 0 Å². The van der Waals surface area contributed by atoms with Crippen molar-refractivity contribution in [1.82, 2.24) is 0 Å². The van der Waals surface area contributed by atoms with Crippen LogP contribution in [-0.2, 0) is 52.2 Å². The fourth-order valence-electron chi connectivity index (χ4n) is 17.5. The topological polar surface area (TPSA) is 393 Å². The highest BCUT2D eigenvalue weighted by molar-refractivity contribution is 5.80. The molecular weight excluding hydrogens is 1100 g/mol. The van der Waals surface area contributed by atoms with Crippen molar-refractivity contribution >= 4 is 5.97 Å². The average Bonchev–Trinajstić information content (AvgIpc) is 0.734. The van der Waals surface area contributed by atoms with Gasteiger partial charge in [0.1, 0.15) is 97.0 Å². The molecule has 4 saturated carbocycles. The van der Waals surface area contributed by atoms with Crippen molar-refractivity contribution in [3.05, 3.63) is 11.6 Å². The molecule has 5 aliphatic carbocycles. The molecule has 0 aromatic heterocycles. The number of carbonyl (C=O) groups excluding carboxylic acids is 1. The van der Waals surface area contributed by atoms with Gasteiger partial charge in [-0.3, -0.25) is 4.79 Å². The first kappa shape index (κ1) is 64.3. The van der Waals surface area contributed by atoms with Crippen molar-refractivity contribution in [2.45, 2.75) is 274 Å². The maximum absolute atomic E-state index is 15.7. The average molecular weight is 1190 g/mol. The third-order valence-electron chi connectivity index (χ3n) is 22.7. The summed E-state index contributed by atoms with van der Waals surface area (Å²) in [6.45, 7) is 17.0. The Hall–Kier alpha value is -1.71. The van der Waals surface area contributed by atoms with Gasteiger partial charge in [-0.1, -0.05) is 60.1 Å². The fraction of sp³-hybridized carbons (Fsp3) is 0.948. The lowest BCUT2D eigenvalue weighted by Crippen LogP contribution is -2.69. The van der Waals surface area contributed by atoms with E-state index >= 15 is 4.79 Å². The highest BCUT2D eigenvalue weighted by Gasteiger charge is 2.72. The summed E-state index contributed by atoms with van der Waals surface area (Å²) in [6.07, 6.45) is -30.5. The molecule has 476 valence electrons. The van der Waals surface area contributed by atoms with Gasteiger partial charge < -0.3 is 119 Å². The zero-order valence-electron chi connectivity index (χ0n) is 49.0. The van der Waals surface area contributed by atoms with Gasteiger partial charge in [0.25, 0.3) is 0 Å². The van der Waals surface area contributed by atoms with E-state index in [1.165, 1.54) is 13.8 Å². The van der Waals surface area contributed by atoms with Crippen LogP contribution in [0, 0.1) is 50.2 Å². The molecule has 9 fully saturated rings. The number of rotatable bonds is 11. The fourth-order valence-corrected chi connectivity index (χ4v) is 17.5. The molecule has 0 radical (unpaired) electrons. The first-order chi connectivity index (χ1) is 38.8. The lowest BCUT2D eigenvalue weighted by Gasteiger charge is -2.71. The van der Waals surface area contributed by atoms with Gasteiger partial charge in [0.05, 0.1) is 44.2 Å². The van der Waals surface area contributed by atoms with Gasteiger partial charge in [0.2, 0.25) is 6.29 Å². The molecule has 5 aliphatic heterocycles. The second-order valence-electron chi connectivity index (χ2n) is 28.3. The normalized spacial score (nSPS) is 55.1. The van der Waals surface area contributed by atoms with Crippen LogP contribution in [0.1, 0.15) is 120 Å². The van der Waals surface area contributed by atoms with Crippen LogP contribution in [0.5, 0.6) is 0 Å². The van der Waals surface area contributed by atoms with E-state index in [9.17, 15) is 71.5 Å². The summed E-state index contributed by atoms with van der Waals surface area (Å²) < 4.78 is 60.2. The Morgan fingerprint density at radius 3 is 1.82 bits per heavy atom. The van der Waals surface area contributed by atoms with Gasteiger partial charge in [-0.25, -0.2) is 0 Å². The van der Waals surface area contributed by atoms with E-state index in [1.807, 2.05) is 0 Å². The molecule has 0 amide bonds. The predicted octanol–water partition coefficient (Wildman–Crippen LogP) is -1.91. The molecule has 0 unspecified atom stereocenters. The van der Waals surface area contributed by atoms with E-state index in [-0.39, 0.29) is 40.9 Å². The Balaban J connectivity index is 0.913. The number of fused-ring (bicyclic) bond motifs is 7. The summed E-state index contributed by atoms with van der Waals surface area (Å²) in [7, 11) is 0. The second-order valence-corrected chi connectivity index (χ2v) is 28.3. The van der Waals surface area contributed by atoms with E-state index in [0.29, 0.717) is 25.7 Å². The molecule has 0 aromatic rings. The Labute approximate surface area is 483 Å². The van der Waals surface area contributed by atoms with Gasteiger partial charge in [0, 0.05) is 0 Å². The van der Waals surface area contributed by atoms with Gasteiger partial charge in [-0.05, 0) is 116 Å². The highest BCUT2D eigenvalue weighted by Crippen LogP contribution is 2.76. The molecule has 10 rings (SSSR count). The van der Waals surface area contributed by atoms with Crippen molar-refractivity contribution in [2.24, 2.45) is 50.2 Å². The largest absolute Gasteiger partial charge is 0.432 e. The monoisotopic (exact) mass is 1190 g/mol. The number of aliphatic hydroxyl groups is 14. The molecule has 32 atom stereocenters. The van der Waals surface area contributed by atoms with E-state index in [4.69, 9.17) is 47.4 Å². The second kappa shape index (κ2) is 23.3. The van der Waals surface area contributed by atoms with Crippen molar-refractivity contribution < 1.29 is 124 Å². The van der Waals surface area contributed by atoms with Gasteiger partial charge >= 0.3 is 5.97 Å². The summed E-state index contributed by atoms with van der Waals surface area (Å²) in [5.41, 5.74) is -2.43. The molecule has 83 heavy (non-hydrogen) atoms. The predicted molar refractivity (Wildman–Crippen MR) is 282 cm³/mol. The zero-order chi connectivity index (χ0) is 60.6. The minimum Gasteiger partial charge on any atom is -0.432 e. The standard InChI is InChI=1S/C58H94O25/c1-23-34(63)37(66)40(69)49(76-23)82-46-42(71)44(80-48-43(72)45(28(61)22-75-48)81-47-39(68)35(64)27(60)21-74-47)24(2)77-51(46)83-52(73)58-17-16-53(3,4)18-26(58)25-10-11-31-55(7)14-13-33(79-50-41(70)38(67)36(65)29(20-59)78-50)54(5,6)30(55)12-15-56(31,8)57(25,9)19-32(58)62/h10,23-24,26-51,59-72H,11-22H2,1-9H3/t23-,24-,26-,27-,28+,29+,30-,31+,32+,33-,34-,35-,36+,37+,38-,39+,40+,41+,42+,43+,44-,45-,46+,47-,48-,49-,50-,51-,55-,56+,57+,58+/m0/s1. The summed E-state index contributed by atoms with van der Waals surface area (Å²) in [5, 5.41) is 153. The minimum atomic E-state index is -1.89. The van der Waals surface area contributed by atoms with E-state index in [1.54, 1.807) is 0 Å². The molecule has 14 N–H and O–H groups in total. The van der Waals surface area contributed by atoms with Crippen molar-refractivity contribution in [1.29, 1.82) is 0 Å². The third kappa shape index (κ3) is 10.6. The molecule has 5 saturated heterocycles. The number of hydrogen-bond acceptors (Lipinski definition) is 25. The summed E-state index contributed by atoms with van der Waals surface area (Å²) in [4.78, 5) is 15.7. The summed E-state index contributed by atoms with van der Waals surface area (Å²) >= 11 is 0. The number of allylic oxidation sites excluding steroid dienone is 2. The van der Waals surface area contributed by atoms with Gasteiger partial charge in [-0.2, -0.15) is 0 Å². The molecule has 10 aliphatic rings. The smallest absolute Gasteiger partial charge is 0.317 e. The van der Waals surface area contributed by atoms with Crippen LogP contribution in [0.4, 0.5) is 0 Å². The molecule has 25 nitrogen and oxygen atoms in total. The maximum atomic E-state index is 15.7. The number of carbonyl (C=O) groups is 1. The van der Waals surface area contributed by atoms with E-state index < -0.39 is 201 Å². The molecule has 25 heteroatoms. The van der Waals surface area contributed by atoms with Crippen molar-refractivity contribution in [3.8, 4) is 0 Å². The van der Waals surface area contributed by atoms with Gasteiger partial charge in [-0.15, -0.1) is 0 Å². The van der Waals surface area contributed by atoms with E-state index in [2.05, 4.69) is 54.5 Å². The highest BCUT2D eigenvalue weighted by atomic mass is 16.8. The van der Waals surface area contributed by atoms with Crippen LogP contribution in [-0.4, -0.2) is 251 Å². The first-order valence-corrected chi connectivity index (χ1v) is 30.0. The molecule has 0 bridgehead atoms. The Morgan fingerprint density at radius 1 is 0.554 bits per heavy atom. The van der Waals surface area contributed by atoms with Crippen LogP contribution < -0.4 is 0 Å². The summed E-state index contributed by atoms with van der Waals surface area (Å²) in [6, 6.07) is 0. The lowest BCUT2D eigenvalue weighted by molar-refractivity contribution is -0.380. The third-order valence-corrected chi connectivity index (χ3v) is 22.7. The molecule has 0 spiro atoms. The minimum absolute atomic E-state index is 0.121. The molecule has 5 heterocycles. The van der Waals surface area contributed by atoms with Crippen molar-refractivity contribution in [3.63, 3.8) is 0 Å². The van der Waals surface area contributed by atoms with Crippen molar-refractivity contribution in [2.75, 3.05) is 19.8 Å². The lowest BCUT2D eigenvalue weighted by atomic mass is 9.33. The molecule has 0 aromatic carbocycles. The van der Waals surface area contributed by atoms with E-state index in [0.717, 1.165) is 24.8 Å². The maximum Gasteiger partial charge on any atom is 0.317 e.